The topological polar surface area (TPSA) is 58.4 Å². The van der Waals surface area contributed by atoms with Gasteiger partial charge in [-0.05, 0) is 38.4 Å². The highest BCUT2D eigenvalue weighted by atomic mass is 16.3. The zero-order chi connectivity index (χ0) is 13.7. The van der Waals surface area contributed by atoms with Gasteiger partial charge in [0.05, 0.1) is 12.3 Å². The fourth-order valence-corrected chi connectivity index (χ4v) is 1.81. The molecule has 1 amide bonds. The van der Waals surface area contributed by atoms with Crippen molar-refractivity contribution < 1.29 is 9.21 Å². The summed E-state index contributed by atoms with van der Waals surface area (Å²) in [6, 6.07) is 7.14. The Balaban J connectivity index is 1.98. The number of carbonyl (C=O) groups is 1. The van der Waals surface area contributed by atoms with Gasteiger partial charge >= 0.3 is 0 Å². The summed E-state index contributed by atoms with van der Waals surface area (Å²) in [5.41, 5.74) is 0.604. The van der Waals surface area contributed by atoms with Crippen molar-refractivity contribution in [2.24, 2.45) is 0 Å². The molecule has 2 heterocycles. The molecule has 100 valence electrons. The molecule has 0 bridgehead atoms. The number of carbonyl (C=O) groups excluding carboxylic acids is 1. The molecule has 2 aromatic heterocycles. The summed E-state index contributed by atoms with van der Waals surface area (Å²) in [6.07, 6.45) is 4.84. The van der Waals surface area contributed by atoms with Crippen molar-refractivity contribution in [3.8, 4) is 0 Å². The van der Waals surface area contributed by atoms with E-state index in [4.69, 9.17) is 4.42 Å². The van der Waals surface area contributed by atoms with Crippen molar-refractivity contribution in [2.75, 3.05) is 20.6 Å². The Morgan fingerprint density at radius 3 is 2.68 bits per heavy atom. The molecule has 5 heteroatoms. The van der Waals surface area contributed by atoms with Crippen LogP contribution >= 0.6 is 0 Å². The van der Waals surface area contributed by atoms with Crippen molar-refractivity contribution in [1.82, 2.24) is 15.2 Å². The van der Waals surface area contributed by atoms with Gasteiger partial charge in [-0.15, -0.1) is 0 Å². The van der Waals surface area contributed by atoms with Crippen LogP contribution < -0.4 is 5.32 Å². The molecule has 1 unspecified atom stereocenters. The summed E-state index contributed by atoms with van der Waals surface area (Å²) in [7, 11) is 3.90. The van der Waals surface area contributed by atoms with E-state index in [2.05, 4.69) is 10.3 Å². The number of hydrogen-bond donors (Lipinski definition) is 1. The number of rotatable bonds is 5. The lowest BCUT2D eigenvalue weighted by Gasteiger charge is -2.22. The number of nitrogens with zero attached hydrogens (tertiary/aromatic N) is 2. The van der Waals surface area contributed by atoms with Crippen LogP contribution in [-0.2, 0) is 0 Å². The lowest BCUT2D eigenvalue weighted by molar-refractivity contribution is 0.0939. The van der Waals surface area contributed by atoms with E-state index in [0.29, 0.717) is 12.1 Å². The second kappa shape index (κ2) is 6.15. The number of pyridine rings is 1. The Kier molecular flexibility index (Phi) is 4.30. The van der Waals surface area contributed by atoms with Crippen molar-refractivity contribution in [3.63, 3.8) is 0 Å². The second-order valence-electron chi connectivity index (χ2n) is 4.44. The van der Waals surface area contributed by atoms with Gasteiger partial charge in [0.25, 0.3) is 5.91 Å². The van der Waals surface area contributed by atoms with Crippen LogP contribution in [0.1, 0.15) is 22.2 Å². The van der Waals surface area contributed by atoms with E-state index in [9.17, 15) is 4.79 Å². The van der Waals surface area contributed by atoms with Crippen molar-refractivity contribution in [2.45, 2.75) is 6.04 Å². The minimum atomic E-state index is -0.110. The van der Waals surface area contributed by atoms with E-state index in [0.717, 1.165) is 5.76 Å². The average Bonchev–Trinajstić information content (AvgIpc) is 2.93. The molecule has 1 N–H and O–H groups in total. The van der Waals surface area contributed by atoms with Crippen molar-refractivity contribution >= 4 is 5.91 Å². The molecule has 0 aliphatic rings. The number of hydrogen-bond acceptors (Lipinski definition) is 4. The zero-order valence-corrected chi connectivity index (χ0v) is 11.0. The quantitative estimate of drug-likeness (QED) is 0.888. The van der Waals surface area contributed by atoms with Crippen molar-refractivity contribution in [3.05, 3.63) is 54.2 Å². The smallest absolute Gasteiger partial charge is 0.251 e. The van der Waals surface area contributed by atoms with Crippen LogP contribution in [0.2, 0.25) is 0 Å². The molecule has 0 fully saturated rings. The van der Waals surface area contributed by atoms with Gasteiger partial charge in [0.1, 0.15) is 5.76 Å². The first kappa shape index (κ1) is 13.3. The van der Waals surface area contributed by atoms with Gasteiger partial charge in [0.15, 0.2) is 0 Å². The first-order chi connectivity index (χ1) is 9.18. The Morgan fingerprint density at radius 2 is 2.11 bits per heavy atom. The predicted molar refractivity (Wildman–Crippen MR) is 71.7 cm³/mol. The summed E-state index contributed by atoms with van der Waals surface area (Å²) in [5.74, 6) is 0.723. The largest absolute Gasteiger partial charge is 0.468 e. The summed E-state index contributed by atoms with van der Waals surface area (Å²) in [4.78, 5) is 17.8. The number of amides is 1. The molecule has 1 atom stereocenters. The number of aromatic nitrogens is 1. The first-order valence-electron chi connectivity index (χ1n) is 6.06. The van der Waals surface area contributed by atoms with Gasteiger partial charge in [-0.25, -0.2) is 0 Å². The average molecular weight is 259 g/mol. The van der Waals surface area contributed by atoms with Gasteiger partial charge in [0, 0.05) is 24.5 Å². The fourth-order valence-electron chi connectivity index (χ4n) is 1.81. The standard InChI is InChI=1S/C14H17N3O2/c1-17(2)12(13-4-3-9-19-13)10-16-14(18)11-5-7-15-8-6-11/h3-9,12H,10H2,1-2H3,(H,16,18). The van der Waals surface area contributed by atoms with Crippen LogP contribution in [-0.4, -0.2) is 36.4 Å². The van der Waals surface area contributed by atoms with E-state index in [-0.39, 0.29) is 11.9 Å². The highest BCUT2D eigenvalue weighted by Crippen LogP contribution is 2.17. The van der Waals surface area contributed by atoms with E-state index in [1.165, 1.54) is 0 Å². The van der Waals surface area contributed by atoms with Gasteiger partial charge in [0.2, 0.25) is 0 Å². The highest BCUT2D eigenvalue weighted by Gasteiger charge is 2.18. The maximum Gasteiger partial charge on any atom is 0.251 e. The minimum absolute atomic E-state index is 0.0146. The molecule has 0 saturated heterocycles. The first-order valence-corrected chi connectivity index (χ1v) is 6.06. The van der Waals surface area contributed by atoms with Gasteiger partial charge in [-0.3, -0.25) is 14.7 Å². The minimum Gasteiger partial charge on any atom is -0.468 e. The molecule has 2 rings (SSSR count). The molecule has 0 saturated carbocycles. The van der Waals surface area contributed by atoms with E-state index < -0.39 is 0 Å². The van der Waals surface area contributed by atoms with Gasteiger partial charge < -0.3 is 9.73 Å². The molecular weight excluding hydrogens is 242 g/mol. The Morgan fingerprint density at radius 1 is 1.37 bits per heavy atom. The SMILES string of the molecule is CN(C)C(CNC(=O)c1ccncc1)c1ccco1. The third-order valence-corrected chi connectivity index (χ3v) is 2.89. The Bertz CT molecular complexity index is 509. The second-order valence-corrected chi connectivity index (χ2v) is 4.44. The van der Waals surface area contributed by atoms with Crippen LogP contribution in [0.3, 0.4) is 0 Å². The number of nitrogens with one attached hydrogen (secondary N) is 1. The third-order valence-electron chi connectivity index (χ3n) is 2.89. The Labute approximate surface area is 112 Å². The van der Waals surface area contributed by atoms with E-state index in [1.807, 2.05) is 31.1 Å². The summed E-state index contributed by atoms with van der Waals surface area (Å²) < 4.78 is 5.39. The normalized spacial score (nSPS) is 12.4. The third kappa shape index (κ3) is 3.42. The molecule has 0 aliphatic carbocycles. The zero-order valence-electron chi connectivity index (χ0n) is 11.0. The maximum atomic E-state index is 12.0. The molecule has 0 radical (unpaired) electrons. The molecular formula is C14H17N3O2. The lowest BCUT2D eigenvalue weighted by atomic mass is 10.2. The monoisotopic (exact) mass is 259 g/mol. The van der Waals surface area contributed by atoms with Crippen LogP contribution in [0.5, 0.6) is 0 Å². The summed E-state index contributed by atoms with van der Waals surface area (Å²) in [5, 5.41) is 2.90. The lowest BCUT2D eigenvalue weighted by Crippen LogP contribution is -2.34. The molecule has 0 aliphatic heterocycles. The Hall–Kier alpha value is -2.14. The van der Waals surface area contributed by atoms with Crippen molar-refractivity contribution in [1.29, 1.82) is 0 Å². The van der Waals surface area contributed by atoms with Crippen LogP contribution in [0, 0.1) is 0 Å². The van der Waals surface area contributed by atoms with E-state index in [1.54, 1.807) is 30.8 Å². The van der Waals surface area contributed by atoms with Crippen LogP contribution in [0.25, 0.3) is 0 Å². The highest BCUT2D eigenvalue weighted by molar-refractivity contribution is 5.93. The number of furan rings is 1. The van der Waals surface area contributed by atoms with Crippen LogP contribution in [0.4, 0.5) is 0 Å². The number of likely N-dealkylation sites (N-methyl/N-ethyl adjacent to an activating group) is 1. The van der Waals surface area contributed by atoms with Crippen LogP contribution in [0.15, 0.2) is 47.3 Å². The van der Waals surface area contributed by atoms with E-state index >= 15 is 0 Å². The molecule has 5 nitrogen and oxygen atoms in total. The predicted octanol–water partition coefficient (Wildman–Crippen LogP) is 1.71. The maximum absolute atomic E-state index is 12.0. The molecule has 0 aromatic carbocycles. The molecule has 2 aromatic rings. The molecule has 0 spiro atoms. The molecule has 19 heavy (non-hydrogen) atoms. The fraction of sp³-hybridized carbons (Fsp3) is 0.286. The summed E-state index contributed by atoms with van der Waals surface area (Å²) in [6.45, 7) is 0.488. The van der Waals surface area contributed by atoms with Gasteiger partial charge in [-0.1, -0.05) is 0 Å². The van der Waals surface area contributed by atoms with Gasteiger partial charge in [-0.2, -0.15) is 0 Å². The summed E-state index contributed by atoms with van der Waals surface area (Å²) >= 11 is 0.